The van der Waals surface area contributed by atoms with Crippen LogP contribution in [0.25, 0.3) is 10.8 Å². The van der Waals surface area contributed by atoms with Gasteiger partial charge in [0.15, 0.2) is 0 Å². The predicted octanol–water partition coefficient (Wildman–Crippen LogP) is 3.08. The van der Waals surface area contributed by atoms with Crippen LogP contribution in [0.15, 0.2) is 36.4 Å². The van der Waals surface area contributed by atoms with Gasteiger partial charge in [-0.25, -0.2) is 0 Å². The molecule has 0 fully saturated rings. The van der Waals surface area contributed by atoms with Gasteiger partial charge in [-0.05, 0) is 23.4 Å². The zero-order valence-electron chi connectivity index (χ0n) is 12.5. The Hall–Kier alpha value is -2.07. The summed E-state index contributed by atoms with van der Waals surface area (Å²) in [6.07, 6.45) is -0.396. The number of rotatable bonds is 5. The normalized spacial score (nSPS) is 13.7. The zero-order chi connectivity index (χ0) is 15.4. The topological polar surface area (TPSA) is 55.8 Å². The fourth-order valence-electron chi connectivity index (χ4n) is 2.62. The van der Waals surface area contributed by atoms with Crippen molar-refractivity contribution in [2.45, 2.75) is 19.4 Å². The Morgan fingerprint density at radius 1 is 1.14 bits per heavy atom. The van der Waals surface area contributed by atoms with Gasteiger partial charge in [0.2, 0.25) is 0 Å². The predicted molar refractivity (Wildman–Crippen MR) is 81.3 cm³/mol. The number of hydrogen-bond acceptors (Lipinski definition) is 4. The molecule has 0 bridgehead atoms. The van der Waals surface area contributed by atoms with Crippen LogP contribution >= 0.6 is 0 Å². The summed E-state index contributed by atoms with van der Waals surface area (Å²) >= 11 is 0. The second kappa shape index (κ2) is 6.59. The number of benzene rings is 2. The van der Waals surface area contributed by atoms with Crippen molar-refractivity contribution in [2.75, 3.05) is 14.2 Å². The zero-order valence-corrected chi connectivity index (χ0v) is 12.5. The van der Waals surface area contributed by atoms with E-state index in [1.54, 1.807) is 13.2 Å². The van der Waals surface area contributed by atoms with E-state index in [-0.39, 0.29) is 0 Å². The van der Waals surface area contributed by atoms with Gasteiger partial charge in [0, 0.05) is 5.39 Å². The number of esters is 1. The first-order valence-corrected chi connectivity index (χ1v) is 6.95. The molecule has 0 radical (unpaired) electrons. The SMILES string of the molecule is CCC(C(=O)OC)C(O)c1ccc(OC)c2ccccc12. The molecule has 4 nitrogen and oxygen atoms in total. The highest BCUT2D eigenvalue weighted by Gasteiger charge is 2.28. The molecule has 1 N–H and O–H groups in total. The molecule has 0 spiro atoms. The van der Waals surface area contributed by atoms with Crippen LogP contribution in [0, 0.1) is 5.92 Å². The number of carbonyl (C=O) groups is 1. The van der Waals surface area contributed by atoms with Crippen molar-refractivity contribution < 1.29 is 19.4 Å². The molecule has 0 aliphatic carbocycles. The minimum Gasteiger partial charge on any atom is -0.496 e. The lowest BCUT2D eigenvalue weighted by Crippen LogP contribution is -2.23. The summed E-state index contributed by atoms with van der Waals surface area (Å²) in [5.41, 5.74) is 0.712. The maximum atomic E-state index is 11.8. The van der Waals surface area contributed by atoms with Gasteiger partial charge in [0.05, 0.1) is 26.2 Å². The summed E-state index contributed by atoms with van der Waals surface area (Å²) in [7, 11) is 2.95. The molecule has 0 heterocycles. The first-order valence-electron chi connectivity index (χ1n) is 6.95. The van der Waals surface area contributed by atoms with Crippen molar-refractivity contribution in [1.29, 1.82) is 0 Å². The van der Waals surface area contributed by atoms with Crippen LogP contribution in [0.5, 0.6) is 5.75 Å². The van der Waals surface area contributed by atoms with Gasteiger partial charge >= 0.3 is 5.97 Å². The van der Waals surface area contributed by atoms with E-state index < -0.39 is 18.0 Å². The molecule has 0 saturated carbocycles. The minimum atomic E-state index is -0.904. The van der Waals surface area contributed by atoms with Crippen LogP contribution in [0.1, 0.15) is 25.0 Å². The fraction of sp³-hybridized carbons (Fsp3) is 0.353. The molecule has 0 aliphatic rings. The summed E-state index contributed by atoms with van der Waals surface area (Å²) in [5.74, 6) is -0.232. The molecular formula is C17H20O4. The van der Waals surface area contributed by atoms with E-state index in [1.165, 1.54) is 7.11 Å². The summed E-state index contributed by atoms with van der Waals surface area (Å²) in [6.45, 7) is 1.86. The van der Waals surface area contributed by atoms with E-state index in [1.807, 2.05) is 37.3 Å². The highest BCUT2D eigenvalue weighted by atomic mass is 16.5. The Kier molecular flexibility index (Phi) is 4.81. The highest BCUT2D eigenvalue weighted by Crippen LogP contribution is 2.35. The van der Waals surface area contributed by atoms with Gasteiger partial charge in [0.25, 0.3) is 0 Å². The van der Waals surface area contributed by atoms with E-state index >= 15 is 0 Å². The van der Waals surface area contributed by atoms with Crippen LogP contribution < -0.4 is 4.74 Å². The molecule has 0 aromatic heterocycles. The molecule has 2 aromatic carbocycles. The van der Waals surface area contributed by atoms with E-state index in [9.17, 15) is 9.90 Å². The molecule has 0 saturated heterocycles. The Morgan fingerprint density at radius 2 is 1.81 bits per heavy atom. The highest BCUT2D eigenvalue weighted by molar-refractivity contribution is 5.91. The molecule has 4 heteroatoms. The average molecular weight is 288 g/mol. The van der Waals surface area contributed by atoms with E-state index in [4.69, 9.17) is 9.47 Å². The van der Waals surface area contributed by atoms with Gasteiger partial charge in [-0.2, -0.15) is 0 Å². The van der Waals surface area contributed by atoms with Crippen LogP contribution in [0.4, 0.5) is 0 Å². The fourth-order valence-corrected chi connectivity index (χ4v) is 2.62. The van der Waals surface area contributed by atoms with Crippen LogP contribution in [0.2, 0.25) is 0 Å². The van der Waals surface area contributed by atoms with Crippen molar-refractivity contribution in [1.82, 2.24) is 0 Å². The summed E-state index contributed by atoms with van der Waals surface area (Å²) in [4.78, 5) is 11.8. The van der Waals surface area contributed by atoms with Crippen LogP contribution in [0.3, 0.4) is 0 Å². The van der Waals surface area contributed by atoms with Crippen molar-refractivity contribution in [3.63, 3.8) is 0 Å². The van der Waals surface area contributed by atoms with Gasteiger partial charge < -0.3 is 14.6 Å². The summed E-state index contributed by atoms with van der Waals surface area (Å²) in [5, 5.41) is 12.4. The molecule has 2 rings (SSSR count). The third-order valence-electron chi connectivity index (χ3n) is 3.78. The number of fused-ring (bicyclic) bond motifs is 1. The average Bonchev–Trinajstić information content (AvgIpc) is 2.54. The first kappa shape index (κ1) is 15.3. The third-order valence-corrected chi connectivity index (χ3v) is 3.78. The lowest BCUT2D eigenvalue weighted by Gasteiger charge is -2.21. The van der Waals surface area contributed by atoms with Crippen LogP contribution in [-0.4, -0.2) is 25.3 Å². The number of hydrogen-bond donors (Lipinski definition) is 1. The molecule has 0 aliphatic heterocycles. The molecule has 112 valence electrons. The Balaban J connectivity index is 2.53. The Morgan fingerprint density at radius 3 is 2.38 bits per heavy atom. The quantitative estimate of drug-likeness (QED) is 0.859. The minimum absolute atomic E-state index is 0.398. The molecule has 2 atom stereocenters. The van der Waals surface area contributed by atoms with Gasteiger partial charge in [-0.15, -0.1) is 0 Å². The number of ether oxygens (including phenoxy) is 2. The van der Waals surface area contributed by atoms with E-state index in [2.05, 4.69) is 0 Å². The van der Waals surface area contributed by atoms with Crippen molar-refractivity contribution in [2.24, 2.45) is 5.92 Å². The molecule has 21 heavy (non-hydrogen) atoms. The Bertz CT molecular complexity index is 636. The van der Waals surface area contributed by atoms with Gasteiger partial charge in [-0.3, -0.25) is 4.79 Å². The number of aliphatic hydroxyl groups excluding tert-OH is 1. The number of methoxy groups -OCH3 is 2. The second-order valence-corrected chi connectivity index (χ2v) is 4.89. The number of aliphatic hydroxyl groups is 1. The lowest BCUT2D eigenvalue weighted by molar-refractivity contribution is -0.149. The summed E-state index contributed by atoms with van der Waals surface area (Å²) in [6, 6.07) is 11.3. The standard InChI is InChI=1S/C17H20O4/c1-4-11(17(19)21-3)16(18)14-9-10-15(20-2)13-8-6-5-7-12(13)14/h5-11,16,18H,4H2,1-3H3. The van der Waals surface area contributed by atoms with Crippen molar-refractivity contribution in [3.05, 3.63) is 42.0 Å². The Labute approximate surface area is 124 Å². The monoisotopic (exact) mass is 288 g/mol. The maximum Gasteiger partial charge on any atom is 0.311 e. The molecule has 0 amide bonds. The van der Waals surface area contributed by atoms with Gasteiger partial charge in [-0.1, -0.05) is 37.3 Å². The third kappa shape index (κ3) is 2.85. The second-order valence-electron chi connectivity index (χ2n) is 4.89. The van der Waals surface area contributed by atoms with Crippen molar-refractivity contribution in [3.8, 4) is 5.75 Å². The molecule has 2 unspecified atom stereocenters. The summed E-state index contributed by atoms with van der Waals surface area (Å²) < 4.78 is 10.1. The van der Waals surface area contributed by atoms with E-state index in [0.29, 0.717) is 12.0 Å². The largest absolute Gasteiger partial charge is 0.496 e. The maximum absolute atomic E-state index is 11.8. The number of carbonyl (C=O) groups excluding carboxylic acids is 1. The molecule has 2 aromatic rings. The smallest absolute Gasteiger partial charge is 0.311 e. The molecular weight excluding hydrogens is 268 g/mol. The van der Waals surface area contributed by atoms with E-state index in [0.717, 1.165) is 16.5 Å². The van der Waals surface area contributed by atoms with Crippen LogP contribution in [-0.2, 0) is 9.53 Å². The van der Waals surface area contributed by atoms with Crippen molar-refractivity contribution >= 4 is 16.7 Å². The lowest BCUT2D eigenvalue weighted by atomic mass is 9.90. The first-order chi connectivity index (χ1) is 10.1. The van der Waals surface area contributed by atoms with Gasteiger partial charge in [0.1, 0.15) is 5.75 Å².